The van der Waals surface area contributed by atoms with E-state index in [0.29, 0.717) is 5.56 Å². The van der Waals surface area contributed by atoms with Gasteiger partial charge in [-0.25, -0.2) is 9.97 Å². The molecule has 5 heteroatoms. The molecule has 0 atom stereocenters. The molecule has 1 amide bonds. The summed E-state index contributed by atoms with van der Waals surface area (Å²) in [5.74, 6) is -0.0291. The molecule has 0 aliphatic carbocycles. The predicted octanol–water partition coefficient (Wildman–Crippen LogP) is 5.35. The number of amides is 1. The smallest absolute Gasteiger partial charge is 0.251 e. The van der Waals surface area contributed by atoms with E-state index in [9.17, 15) is 4.79 Å². The summed E-state index contributed by atoms with van der Waals surface area (Å²) < 4.78 is 0. The highest BCUT2D eigenvalue weighted by atomic mass is 16.1. The number of aromatic amines is 1. The molecule has 0 radical (unpaired) electrons. The molecule has 0 bridgehead atoms. The number of hydrogen-bond acceptors (Lipinski definition) is 3. The van der Waals surface area contributed by atoms with E-state index < -0.39 is 0 Å². The number of nitrogens with zero attached hydrogens (tertiary/aromatic N) is 2. The first-order valence-electron chi connectivity index (χ1n) is 10.2. The Balaban J connectivity index is 1.49. The number of rotatable bonds is 8. The highest BCUT2D eigenvalue weighted by Crippen LogP contribution is 2.25. The third-order valence-electron chi connectivity index (χ3n) is 5.18. The van der Waals surface area contributed by atoms with Gasteiger partial charge in [-0.3, -0.25) is 4.79 Å². The van der Waals surface area contributed by atoms with Crippen molar-refractivity contribution in [1.82, 2.24) is 20.3 Å². The predicted molar refractivity (Wildman–Crippen MR) is 115 cm³/mol. The fourth-order valence-corrected chi connectivity index (χ4v) is 3.60. The Hall–Kier alpha value is -2.95. The maximum absolute atomic E-state index is 12.5. The van der Waals surface area contributed by atoms with E-state index in [1.165, 1.54) is 32.1 Å². The molecule has 2 aromatic carbocycles. The number of hydrogen-bond donors (Lipinski definition) is 2. The second kappa shape index (κ2) is 8.38. The van der Waals surface area contributed by atoms with Gasteiger partial charge in [-0.1, -0.05) is 51.2 Å². The van der Waals surface area contributed by atoms with E-state index in [1.54, 1.807) is 0 Å². The topological polar surface area (TPSA) is 70.7 Å². The summed E-state index contributed by atoms with van der Waals surface area (Å²) in [7, 11) is 0. The van der Waals surface area contributed by atoms with Crippen LogP contribution in [0.25, 0.3) is 33.1 Å². The molecule has 5 nitrogen and oxygen atoms in total. The van der Waals surface area contributed by atoms with E-state index in [0.717, 1.165) is 46.1 Å². The molecule has 0 aliphatic heterocycles. The number of carbonyl (C=O) groups excluding carboxylic acids is 1. The standard InChI is InChI=1S/C23H26N4O/c1-2-3-4-5-6-9-14-24-23(28)16-12-13-18-17(15-16)21-22(26-18)27-20-11-8-7-10-19(20)25-21/h7-8,10-13,15H,2-6,9,14H2,1H3,(H,24,28)(H,26,27). The summed E-state index contributed by atoms with van der Waals surface area (Å²) in [6.07, 6.45) is 7.30. The lowest BCUT2D eigenvalue weighted by Crippen LogP contribution is -2.24. The van der Waals surface area contributed by atoms with Crippen LogP contribution in [0.3, 0.4) is 0 Å². The zero-order chi connectivity index (χ0) is 19.3. The van der Waals surface area contributed by atoms with Crippen LogP contribution < -0.4 is 5.32 Å². The molecular formula is C23H26N4O. The van der Waals surface area contributed by atoms with E-state index in [-0.39, 0.29) is 5.91 Å². The first-order chi connectivity index (χ1) is 13.8. The lowest BCUT2D eigenvalue weighted by atomic mass is 10.1. The van der Waals surface area contributed by atoms with Crippen LogP contribution in [0.1, 0.15) is 55.8 Å². The third kappa shape index (κ3) is 3.84. The summed E-state index contributed by atoms with van der Waals surface area (Å²) in [5.41, 5.74) is 4.87. The van der Waals surface area contributed by atoms with Gasteiger partial charge < -0.3 is 10.3 Å². The van der Waals surface area contributed by atoms with Crippen LogP contribution in [0.4, 0.5) is 0 Å². The first-order valence-corrected chi connectivity index (χ1v) is 10.2. The summed E-state index contributed by atoms with van der Waals surface area (Å²) in [5, 5.41) is 3.97. The number of nitrogens with one attached hydrogen (secondary N) is 2. The van der Waals surface area contributed by atoms with Gasteiger partial charge in [0.15, 0.2) is 5.65 Å². The Morgan fingerprint density at radius 3 is 2.54 bits per heavy atom. The second-order valence-electron chi connectivity index (χ2n) is 7.32. The summed E-state index contributed by atoms with van der Waals surface area (Å²) in [6.45, 7) is 2.94. The average molecular weight is 374 g/mol. The lowest BCUT2D eigenvalue weighted by Gasteiger charge is -2.05. The van der Waals surface area contributed by atoms with Gasteiger partial charge in [0.25, 0.3) is 5.91 Å². The Labute approximate surface area is 164 Å². The van der Waals surface area contributed by atoms with Crippen LogP contribution >= 0.6 is 0 Å². The molecular weight excluding hydrogens is 348 g/mol. The Kier molecular flexibility index (Phi) is 5.51. The Bertz CT molecular complexity index is 1120. The van der Waals surface area contributed by atoms with Gasteiger partial charge in [-0.15, -0.1) is 0 Å². The maximum Gasteiger partial charge on any atom is 0.251 e. The number of fused-ring (bicyclic) bond motifs is 4. The van der Waals surface area contributed by atoms with Crippen molar-refractivity contribution in [3.8, 4) is 0 Å². The van der Waals surface area contributed by atoms with Crippen LogP contribution in [0.2, 0.25) is 0 Å². The Morgan fingerprint density at radius 1 is 0.964 bits per heavy atom. The lowest BCUT2D eigenvalue weighted by molar-refractivity contribution is 0.0953. The van der Waals surface area contributed by atoms with Crippen LogP contribution in [0, 0.1) is 0 Å². The average Bonchev–Trinajstić information content (AvgIpc) is 3.08. The normalized spacial score (nSPS) is 11.5. The van der Waals surface area contributed by atoms with Crippen molar-refractivity contribution in [3.63, 3.8) is 0 Å². The van der Waals surface area contributed by atoms with Crippen molar-refractivity contribution in [2.24, 2.45) is 0 Å². The zero-order valence-corrected chi connectivity index (χ0v) is 16.3. The number of para-hydroxylation sites is 2. The van der Waals surface area contributed by atoms with Gasteiger partial charge in [0.1, 0.15) is 5.52 Å². The SMILES string of the molecule is CCCCCCCCNC(=O)c1ccc2[nH]c3nc4ccccc4nc3c2c1. The largest absolute Gasteiger partial charge is 0.352 e. The molecule has 0 fully saturated rings. The number of benzene rings is 2. The molecule has 0 aliphatic rings. The zero-order valence-electron chi connectivity index (χ0n) is 16.3. The molecule has 0 saturated carbocycles. The van der Waals surface area contributed by atoms with Crippen molar-refractivity contribution in [1.29, 1.82) is 0 Å². The van der Waals surface area contributed by atoms with Crippen LogP contribution in [-0.2, 0) is 0 Å². The number of aromatic nitrogens is 3. The van der Waals surface area contributed by atoms with Gasteiger partial charge in [0.05, 0.1) is 11.0 Å². The molecule has 2 heterocycles. The minimum absolute atomic E-state index is 0.0291. The van der Waals surface area contributed by atoms with Crippen LogP contribution in [0.5, 0.6) is 0 Å². The van der Waals surface area contributed by atoms with Crippen molar-refractivity contribution in [3.05, 3.63) is 48.0 Å². The number of unbranched alkanes of at least 4 members (excludes halogenated alkanes) is 5. The number of carbonyl (C=O) groups is 1. The highest BCUT2D eigenvalue weighted by molar-refractivity contribution is 6.08. The van der Waals surface area contributed by atoms with Gasteiger partial charge >= 0.3 is 0 Å². The van der Waals surface area contributed by atoms with Gasteiger partial charge in [0.2, 0.25) is 0 Å². The molecule has 28 heavy (non-hydrogen) atoms. The monoisotopic (exact) mass is 374 g/mol. The fourth-order valence-electron chi connectivity index (χ4n) is 3.60. The van der Waals surface area contributed by atoms with Crippen LogP contribution in [-0.4, -0.2) is 27.4 Å². The van der Waals surface area contributed by atoms with Gasteiger partial charge in [-0.05, 0) is 36.8 Å². The molecule has 4 rings (SSSR count). The van der Waals surface area contributed by atoms with E-state index >= 15 is 0 Å². The minimum Gasteiger partial charge on any atom is -0.352 e. The first kappa shape index (κ1) is 18.4. The summed E-state index contributed by atoms with van der Waals surface area (Å²) >= 11 is 0. The molecule has 0 saturated heterocycles. The second-order valence-corrected chi connectivity index (χ2v) is 7.32. The summed E-state index contributed by atoms with van der Waals surface area (Å²) in [4.78, 5) is 25.3. The fraction of sp³-hybridized carbons (Fsp3) is 0.348. The maximum atomic E-state index is 12.5. The van der Waals surface area contributed by atoms with E-state index in [4.69, 9.17) is 4.98 Å². The van der Waals surface area contributed by atoms with E-state index in [1.807, 2.05) is 42.5 Å². The van der Waals surface area contributed by atoms with Crippen molar-refractivity contribution in [2.75, 3.05) is 6.54 Å². The third-order valence-corrected chi connectivity index (χ3v) is 5.18. The highest BCUT2D eigenvalue weighted by Gasteiger charge is 2.12. The minimum atomic E-state index is -0.0291. The van der Waals surface area contributed by atoms with Gasteiger partial charge in [0, 0.05) is 23.0 Å². The van der Waals surface area contributed by atoms with Crippen molar-refractivity contribution in [2.45, 2.75) is 45.4 Å². The summed E-state index contributed by atoms with van der Waals surface area (Å²) in [6, 6.07) is 13.5. The molecule has 0 spiro atoms. The molecule has 0 unspecified atom stereocenters. The van der Waals surface area contributed by atoms with Crippen LogP contribution in [0.15, 0.2) is 42.5 Å². The van der Waals surface area contributed by atoms with E-state index in [2.05, 4.69) is 22.2 Å². The molecule has 2 N–H and O–H groups in total. The Morgan fingerprint density at radius 2 is 1.71 bits per heavy atom. The van der Waals surface area contributed by atoms with Crippen molar-refractivity contribution < 1.29 is 4.79 Å². The molecule has 2 aromatic heterocycles. The van der Waals surface area contributed by atoms with Crippen molar-refractivity contribution >= 4 is 39.0 Å². The number of H-pyrrole nitrogens is 1. The molecule has 144 valence electrons. The van der Waals surface area contributed by atoms with Gasteiger partial charge in [-0.2, -0.15) is 0 Å². The molecule has 4 aromatic rings. The quantitative estimate of drug-likeness (QED) is 0.408.